The first-order chi connectivity index (χ1) is 8.69. The molecule has 4 nitrogen and oxygen atoms in total. The van der Waals surface area contributed by atoms with Crippen LogP contribution >= 0.6 is 11.6 Å². The molecule has 2 atom stereocenters. The molecule has 100 valence electrons. The molecule has 0 radical (unpaired) electrons. The summed E-state index contributed by atoms with van der Waals surface area (Å²) in [6, 6.07) is 0.408. The average Bonchev–Trinajstić information content (AvgIpc) is 2.76. The lowest BCUT2D eigenvalue weighted by atomic mass is 10.1. The van der Waals surface area contributed by atoms with Crippen LogP contribution in [0.4, 0.5) is 5.82 Å². The van der Waals surface area contributed by atoms with Crippen molar-refractivity contribution in [3.05, 3.63) is 12.4 Å². The Balaban J connectivity index is 2.00. The molecule has 1 aliphatic rings. The van der Waals surface area contributed by atoms with Crippen LogP contribution in [0.15, 0.2) is 12.4 Å². The van der Waals surface area contributed by atoms with Gasteiger partial charge in [0, 0.05) is 11.9 Å². The molecule has 1 aliphatic carbocycles. The molecule has 0 amide bonds. The maximum atomic E-state index is 5.97. The van der Waals surface area contributed by atoms with E-state index >= 15 is 0 Å². The summed E-state index contributed by atoms with van der Waals surface area (Å²) in [5.41, 5.74) is 0. The zero-order valence-corrected chi connectivity index (χ0v) is 11.7. The van der Waals surface area contributed by atoms with Gasteiger partial charge in [-0.1, -0.05) is 6.42 Å². The summed E-state index contributed by atoms with van der Waals surface area (Å²) in [6.07, 6.45) is 7.04. The van der Waals surface area contributed by atoms with Gasteiger partial charge in [0.15, 0.2) is 0 Å². The first-order valence-electron chi connectivity index (χ1n) is 6.50. The van der Waals surface area contributed by atoms with Gasteiger partial charge in [-0.25, -0.2) is 0 Å². The van der Waals surface area contributed by atoms with Crippen molar-refractivity contribution >= 4 is 17.4 Å². The van der Waals surface area contributed by atoms with Gasteiger partial charge in [-0.3, -0.25) is 4.98 Å². The third-order valence-corrected chi connectivity index (χ3v) is 3.56. The van der Waals surface area contributed by atoms with E-state index in [2.05, 4.69) is 15.3 Å². The predicted molar refractivity (Wildman–Crippen MR) is 73.3 cm³/mol. The largest absolute Gasteiger partial charge is 0.474 e. The molecule has 2 unspecified atom stereocenters. The van der Waals surface area contributed by atoms with Crippen LogP contribution in [-0.2, 0) is 0 Å². The average molecular weight is 270 g/mol. The van der Waals surface area contributed by atoms with E-state index in [-0.39, 0.29) is 6.10 Å². The highest BCUT2D eigenvalue weighted by Gasteiger charge is 2.26. The van der Waals surface area contributed by atoms with E-state index in [1.807, 2.05) is 13.8 Å². The molecule has 5 heteroatoms. The van der Waals surface area contributed by atoms with E-state index in [9.17, 15) is 0 Å². The topological polar surface area (TPSA) is 47.0 Å². The predicted octanol–water partition coefficient (Wildman–Crippen LogP) is 3.08. The molecular weight excluding hydrogens is 250 g/mol. The van der Waals surface area contributed by atoms with Crippen molar-refractivity contribution < 1.29 is 4.74 Å². The van der Waals surface area contributed by atoms with E-state index < -0.39 is 0 Å². The Kier molecular flexibility index (Phi) is 4.64. The van der Waals surface area contributed by atoms with Crippen LogP contribution < -0.4 is 10.1 Å². The number of rotatable bonds is 5. The Morgan fingerprint density at radius 2 is 2.28 bits per heavy atom. The summed E-state index contributed by atoms with van der Waals surface area (Å²) in [7, 11) is 0. The standard InChI is InChI=1S/C13H20ClN3O/c1-9(2)18-13-8-15-7-12(17-13)16-11-5-3-4-10(11)6-14/h7-11H,3-6H2,1-2H3,(H,16,17). The van der Waals surface area contributed by atoms with E-state index in [0.29, 0.717) is 23.7 Å². The van der Waals surface area contributed by atoms with Crippen LogP contribution in [-0.4, -0.2) is 28.0 Å². The monoisotopic (exact) mass is 269 g/mol. The first kappa shape index (κ1) is 13.4. The minimum Gasteiger partial charge on any atom is -0.474 e. The van der Waals surface area contributed by atoms with Crippen LogP contribution in [0.2, 0.25) is 0 Å². The lowest BCUT2D eigenvalue weighted by Gasteiger charge is -2.19. The van der Waals surface area contributed by atoms with Crippen LogP contribution in [0.3, 0.4) is 0 Å². The summed E-state index contributed by atoms with van der Waals surface area (Å²) < 4.78 is 5.53. The number of anilines is 1. The van der Waals surface area contributed by atoms with E-state index in [0.717, 1.165) is 12.2 Å². The first-order valence-corrected chi connectivity index (χ1v) is 7.03. The minimum absolute atomic E-state index is 0.108. The Labute approximate surface area is 113 Å². The molecule has 0 aromatic carbocycles. The number of hydrogen-bond acceptors (Lipinski definition) is 4. The molecule has 1 saturated carbocycles. The number of hydrogen-bond donors (Lipinski definition) is 1. The third-order valence-electron chi connectivity index (χ3n) is 3.16. The number of ether oxygens (including phenoxy) is 1. The highest BCUT2D eigenvalue weighted by molar-refractivity contribution is 6.18. The highest BCUT2D eigenvalue weighted by Crippen LogP contribution is 2.29. The van der Waals surface area contributed by atoms with Crippen molar-refractivity contribution in [2.75, 3.05) is 11.2 Å². The van der Waals surface area contributed by atoms with E-state index in [4.69, 9.17) is 16.3 Å². The quantitative estimate of drug-likeness (QED) is 0.835. The lowest BCUT2D eigenvalue weighted by molar-refractivity contribution is 0.232. The molecule has 0 aliphatic heterocycles. The van der Waals surface area contributed by atoms with E-state index in [1.165, 1.54) is 12.8 Å². The van der Waals surface area contributed by atoms with Gasteiger partial charge in [0.05, 0.1) is 18.5 Å². The Morgan fingerprint density at radius 3 is 3.00 bits per heavy atom. The van der Waals surface area contributed by atoms with Crippen molar-refractivity contribution in [3.8, 4) is 5.88 Å². The second-order valence-electron chi connectivity index (χ2n) is 5.01. The number of alkyl halides is 1. The fourth-order valence-corrected chi connectivity index (χ4v) is 2.69. The Morgan fingerprint density at radius 1 is 1.44 bits per heavy atom. The van der Waals surface area contributed by atoms with Gasteiger partial charge in [0.1, 0.15) is 5.82 Å². The molecule has 2 rings (SSSR count). The van der Waals surface area contributed by atoms with Gasteiger partial charge in [0.2, 0.25) is 5.88 Å². The molecule has 0 saturated heterocycles. The normalized spacial score (nSPS) is 23.3. The molecule has 1 N–H and O–H groups in total. The Hall–Kier alpha value is -1.03. The lowest BCUT2D eigenvalue weighted by Crippen LogP contribution is -2.25. The summed E-state index contributed by atoms with van der Waals surface area (Å²) in [5, 5.41) is 3.42. The molecule has 0 bridgehead atoms. The molecule has 1 aromatic heterocycles. The van der Waals surface area contributed by atoms with Crippen molar-refractivity contribution in [2.45, 2.75) is 45.3 Å². The molecule has 1 heterocycles. The van der Waals surface area contributed by atoms with Crippen LogP contribution in [0.5, 0.6) is 5.88 Å². The number of halogens is 1. The second-order valence-corrected chi connectivity index (χ2v) is 5.31. The SMILES string of the molecule is CC(C)Oc1cncc(NC2CCCC2CCl)n1. The summed E-state index contributed by atoms with van der Waals surface area (Å²) in [4.78, 5) is 8.55. The van der Waals surface area contributed by atoms with Crippen molar-refractivity contribution in [1.29, 1.82) is 0 Å². The van der Waals surface area contributed by atoms with Gasteiger partial charge >= 0.3 is 0 Å². The van der Waals surface area contributed by atoms with E-state index in [1.54, 1.807) is 12.4 Å². The van der Waals surface area contributed by atoms with Gasteiger partial charge in [0.25, 0.3) is 0 Å². The van der Waals surface area contributed by atoms with Gasteiger partial charge in [-0.15, -0.1) is 11.6 Å². The zero-order valence-electron chi connectivity index (χ0n) is 10.9. The minimum atomic E-state index is 0.108. The fraction of sp³-hybridized carbons (Fsp3) is 0.692. The second kappa shape index (κ2) is 6.23. The molecule has 1 fully saturated rings. The number of aromatic nitrogens is 2. The van der Waals surface area contributed by atoms with Crippen molar-refractivity contribution in [2.24, 2.45) is 5.92 Å². The van der Waals surface area contributed by atoms with Crippen LogP contribution in [0.1, 0.15) is 33.1 Å². The number of nitrogens with one attached hydrogen (secondary N) is 1. The molecule has 18 heavy (non-hydrogen) atoms. The zero-order chi connectivity index (χ0) is 13.0. The molecular formula is C13H20ClN3O. The third kappa shape index (κ3) is 3.48. The van der Waals surface area contributed by atoms with Gasteiger partial charge in [-0.05, 0) is 32.6 Å². The summed E-state index contributed by atoms with van der Waals surface area (Å²) in [6.45, 7) is 3.95. The molecule has 1 aromatic rings. The Bertz CT molecular complexity index is 386. The number of nitrogens with zero attached hydrogens (tertiary/aromatic N) is 2. The fourth-order valence-electron chi connectivity index (χ4n) is 2.32. The van der Waals surface area contributed by atoms with Gasteiger partial charge in [-0.2, -0.15) is 4.98 Å². The van der Waals surface area contributed by atoms with Gasteiger partial charge < -0.3 is 10.1 Å². The van der Waals surface area contributed by atoms with Crippen LogP contribution in [0, 0.1) is 5.92 Å². The van der Waals surface area contributed by atoms with Crippen molar-refractivity contribution in [3.63, 3.8) is 0 Å². The maximum absolute atomic E-state index is 5.97. The highest BCUT2D eigenvalue weighted by atomic mass is 35.5. The van der Waals surface area contributed by atoms with Crippen molar-refractivity contribution in [1.82, 2.24) is 9.97 Å². The smallest absolute Gasteiger partial charge is 0.234 e. The maximum Gasteiger partial charge on any atom is 0.234 e. The van der Waals surface area contributed by atoms with Crippen LogP contribution in [0.25, 0.3) is 0 Å². The summed E-state index contributed by atoms with van der Waals surface area (Å²) in [5.74, 6) is 2.57. The summed E-state index contributed by atoms with van der Waals surface area (Å²) >= 11 is 5.97. The molecule has 0 spiro atoms.